The Bertz CT molecular complexity index is 1300. The molecule has 0 saturated carbocycles. The van der Waals surface area contributed by atoms with Crippen molar-refractivity contribution in [1.29, 1.82) is 0 Å². The van der Waals surface area contributed by atoms with Crippen molar-refractivity contribution >= 4 is 44.5 Å². The first-order valence-corrected chi connectivity index (χ1v) is 7.33. The average molecular weight is 298 g/mol. The summed E-state index contributed by atoms with van der Waals surface area (Å²) in [6, 6.07) is 16.8. The lowest BCUT2D eigenvalue weighted by Gasteiger charge is -2.08. The number of rotatable bonds is 1. The summed E-state index contributed by atoms with van der Waals surface area (Å²) in [7, 11) is 0. The molecule has 0 bridgehead atoms. The van der Waals surface area contributed by atoms with Crippen LogP contribution in [-0.4, -0.2) is 15.7 Å². The summed E-state index contributed by atoms with van der Waals surface area (Å²) >= 11 is 0. The summed E-state index contributed by atoms with van der Waals surface area (Å²) in [4.78, 5) is 29.0. The Kier molecular flexibility index (Phi) is 2.21. The molecule has 0 fully saturated rings. The Labute approximate surface area is 129 Å². The predicted molar refractivity (Wildman–Crippen MR) is 90.6 cm³/mol. The van der Waals surface area contributed by atoms with Gasteiger partial charge in [-0.25, -0.2) is 4.98 Å². The third-order valence-electron chi connectivity index (χ3n) is 4.44. The zero-order valence-electron chi connectivity index (χ0n) is 12.0. The lowest BCUT2D eigenvalue weighted by atomic mass is 9.99. The van der Waals surface area contributed by atoms with Gasteiger partial charge in [-0.3, -0.25) is 14.0 Å². The standard InChI is InChI=1S/C19H10N2O2/c22-10-11-8-9-13-17-12(11)4-3-5-14(17)19(23)21-16-7-2-1-6-15(16)20-18(13)21/h1-10H. The van der Waals surface area contributed by atoms with Gasteiger partial charge in [0.1, 0.15) is 5.65 Å². The highest BCUT2D eigenvalue weighted by atomic mass is 16.1. The van der Waals surface area contributed by atoms with E-state index >= 15 is 0 Å². The molecule has 4 heteroatoms. The van der Waals surface area contributed by atoms with Gasteiger partial charge in [0.05, 0.1) is 11.0 Å². The second-order valence-electron chi connectivity index (χ2n) is 5.61. The van der Waals surface area contributed by atoms with Crippen LogP contribution in [0.15, 0.2) is 59.4 Å². The first-order chi connectivity index (χ1) is 11.3. The number of para-hydroxylation sites is 2. The summed E-state index contributed by atoms with van der Waals surface area (Å²) in [5.74, 6) is 0. The Morgan fingerprint density at radius 2 is 1.70 bits per heavy atom. The maximum atomic E-state index is 13.0. The molecule has 23 heavy (non-hydrogen) atoms. The number of hydrogen-bond acceptors (Lipinski definition) is 3. The van der Waals surface area contributed by atoms with Gasteiger partial charge in [0.15, 0.2) is 6.29 Å². The minimum absolute atomic E-state index is 0.102. The van der Waals surface area contributed by atoms with Crippen molar-refractivity contribution in [3.63, 3.8) is 0 Å². The minimum Gasteiger partial charge on any atom is -0.298 e. The molecule has 0 saturated heterocycles. The number of aldehydes is 1. The molecule has 5 aromatic rings. The summed E-state index contributed by atoms with van der Waals surface area (Å²) in [5, 5.41) is 3.10. The highest BCUT2D eigenvalue weighted by molar-refractivity contribution is 6.18. The van der Waals surface area contributed by atoms with Crippen LogP contribution < -0.4 is 5.56 Å². The van der Waals surface area contributed by atoms with Gasteiger partial charge in [-0.1, -0.05) is 30.3 Å². The van der Waals surface area contributed by atoms with Crippen molar-refractivity contribution in [1.82, 2.24) is 9.38 Å². The van der Waals surface area contributed by atoms with E-state index in [0.29, 0.717) is 16.6 Å². The van der Waals surface area contributed by atoms with Gasteiger partial charge in [-0.15, -0.1) is 0 Å². The lowest BCUT2D eigenvalue weighted by molar-refractivity contribution is 0.112. The van der Waals surface area contributed by atoms with E-state index in [1.807, 2.05) is 42.5 Å². The van der Waals surface area contributed by atoms with E-state index in [1.165, 1.54) is 0 Å². The fourth-order valence-electron chi connectivity index (χ4n) is 3.43. The predicted octanol–water partition coefficient (Wildman–Crippen LogP) is 3.40. The van der Waals surface area contributed by atoms with E-state index in [4.69, 9.17) is 0 Å². The average Bonchev–Trinajstić information content (AvgIpc) is 2.99. The molecule has 2 aromatic heterocycles. The molecule has 0 radical (unpaired) electrons. The first kappa shape index (κ1) is 12.3. The molecular weight excluding hydrogens is 288 g/mol. The normalized spacial score (nSPS) is 11.8. The van der Waals surface area contributed by atoms with Crippen molar-refractivity contribution in [3.8, 4) is 0 Å². The summed E-state index contributed by atoms with van der Waals surface area (Å²) < 4.78 is 1.66. The monoisotopic (exact) mass is 298 g/mol. The number of nitrogens with zero attached hydrogens (tertiary/aromatic N) is 2. The van der Waals surface area contributed by atoms with Crippen LogP contribution in [0.2, 0.25) is 0 Å². The van der Waals surface area contributed by atoms with E-state index in [9.17, 15) is 9.59 Å². The Morgan fingerprint density at radius 3 is 2.57 bits per heavy atom. The van der Waals surface area contributed by atoms with Crippen LogP contribution in [-0.2, 0) is 0 Å². The molecule has 0 unspecified atom stereocenters. The maximum absolute atomic E-state index is 13.0. The zero-order valence-corrected chi connectivity index (χ0v) is 12.0. The van der Waals surface area contributed by atoms with Gasteiger partial charge in [-0.05, 0) is 29.7 Å². The van der Waals surface area contributed by atoms with Gasteiger partial charge in [0, 0.05) is 21.7 Å². The van der Waals surface area contributed by atoms with E-state index < -0.39 is 0 Å². The van der Waals surface area contributed by atoms with Crippen LogP contribution in [0, 0.1) is 0 Å². The van der Waals surface area contributed by atoms with Crippen molar-refractivity contribution in [2.45, 2.75) is 0 Å². The maximum Gasteiger partial charge on any atom is 0.264 e. The number of carbonyl (C=O) groups excluding carboxylic acids is 1. The second-order valence-corrected chi connectivity index (χ2v) is 5.61. The van der Waals surface area contributed by atoms with Gasteiger partial charge in [-0.2, -0.15) is 0 Å². The van der Waals surface area contributed by atoms with Crippen LogP contribution in [0.1, 0.15) is 10.4 Å². The number of carbonyl (C=O) groups is 1. The van der Waals surface area contributed by atoms with Gasteiger partial charge in [0.2, 0.25) is 0 Å². The molecule has 0 amide bonds. The van der Waals surface area contributed by atoms with Crippen LogP contribution in [0.25, 0.3) is 38.2 Å². The Morgan fingerprint density at radius 1 is 0.870 bits per heavy atom. The van der Waals surface area contributed by atoms with Crippen LogP contribution in [0.4, 0.5) is 0 Å². The number of fused-ring (bicyclic) bond motifs is 4. The van der Waals surface area contributed by atoms with Gasteiger partial charge in [0.25, 0.3) is 5.56 Å². The van der Waals surface area contributed by atoms with Crippen molar-refractivity contribution in [2.75, 3.05) is 0 Å². The number of pyridine rings is 1. The van der Waals surface area contributed by atoms with Gasteiger partial charge < -0.3 is 0 Å². The number of benzene rings is 3. The van der Waals surface area contributed by atoms with Crippen LogP contribution in [0.3, 0.4) is 0 Å². The zero-order chi connectivity index (χ0) is 15.6. The second kappa shape index (κ2) is 4.14. The molecule has 3 aromatic carbocycles. The molecule has 0 aliphatic heterocycles. The van der Waals surface area contributed by atoms with E-state index in [0.717, 1.165) is 33.5 Å². The molecule has 5 rings (SSSR count). The van der Waals surface area contributed by atoms with E-state index in [1.54, 1.807) is 16.5 Å². The van der Waals surface area contributed by atoms with Crippen molar-refractivity contribution in [2.24, 2.45) is 0 Å². The SMILES string of the molecule is O=Cc1ccc2c3c1cccc3c(=O)n1c3ccccc3nc21. The topological polar surface area (TPSA) is 51.4 Å². The smallest absolute Gasteiger partial charge is 0.264 e. The fourth-order valence-corrected chi connectivity index (χ4v) is 3.43. The van der Waals surface area contributed by atoms with Crippen molar-refractivity contribution in [3.05, 3.63) is 70.5 Å². The molecule has 0 atom stereocenters. The highest BCUT2D eigenvalue weighted by Gasteiger charge is 2.16. The number of aromatic nitrogens is 2. The Balaban J connectivity index is 2.22. The quantitative estimate of drug-likeness (QED) is 0.446. The largest absolute Gasteiger partial charge is 0.298 e. The summed E-state index contributed by atoms with van der Waals surface area (Å²) in [5.41, 5.74) is 2.71. The highest BCUT2D eigenvalue weighted by Crippen LogP contribution is 2.30. The molecule has 0 spiro atoms. The van der Waals surface area contributed by atoms with E-state index in [-0.39, 0.29) is 5.56 Å². The number of imidazole rings is 1. The molecule has 108 valence electrons. The van der Waals surface area contributed by atoms with Crippen LogP contribution >= 0.6 is 0 Å². The van der Waals surface area contributed by atoms with E-state index in [2.05, 4.69) is 4.98 Å². The summed E-state index contributed by atoms with van der Waals surface area (Å²) in [6.07, 6.45) is 0.824. The molecule has 0 N–H and O–H groups in total. The molecule has 0 aliphatic rings. The number of hydrogen-bond donors (Lipinski definition) is 0. The Hall–Kier alpha value is -3.27. The lowest BCUT2D eigenvalue weighted by Crippen LogP contribution is -2.13. The molecular formula is C19H10N2O2. The molecule has 0 aliphatic carbocycles. The third-order valence-corrected chi connectivity index (χ3v) is 4.44. The molecule has 4 nitrogen and oxygen atoms in total. The van der Waals surface area contributed by atoms with Gasteiger partial charge >= 0.3 is 0 Å². The van der Waals surface area contributed by atoms with Crippen molar-refractivity contribution < 1.29 is 4.79 Å². The molecule has 2 heterocycles. The fraction of sp³-hybridized carbons (Fsp3) is 0. The first-order valence-electron chi connectivity index (χ1n) is 7.33. The minimum atomic E-state index is -0.102. The third kappa shape index (κ3) is 1.42. The van der Waals surface area contributed by atoms with Crippen LogP contribution in [0.5, 0.6) is 0 Å². The summed E-state index contributed by atoms with van der Waals surface area (Å²) in [6.45, 7) is 0.